The number of carbonyl (C=O) groups is 2. The van der Waals surface area contributed by atoms with Gasteiger partial charge in [-0.1, -0.05) is 30.3 Å². The van der Waals surface area contributed by atoms with Crippen molar-refractivity contribution < 1.29 is 14.0 Å². The van der Waals surface area contributed by atoms with E-state index < -0.39 is 11.7 Å². The molecule has 0 aliphatic carbocycles. The molecule has 28 heavy (non-hydrogen) atoms. The highest BCUT2D eigenvalue weighted by Crippen LogP contribution is 2.34. The molecule has 3 N–H and O–H groups in total. The van der Waals surface area contributed by atoms with Gasteiger partial charge in [0.1, 0.15) is 5.82 Å². The molecule has 2 heterocycles. The number of anilines is 1. The topological polar surface area (TPSA) is 73.5 Å². The SMILES string of the molecule is CN(CC1CC(c2ccccc2)NN1)C(=O)C1CC(=O)Nc2ccc(F)cc21. The summed E-state index contributed by atoms with van der Waals surface area (Å²) in [5.41, 5.74) is 8.76. The third kappa shape index (κ3) is 3.76. The first-order valence-electron chi connectivity index (χ1n) is 9.41. The average molecular weight is 382 g/mol. The minimum atomic E-state index is -0.663. The van der Waals surface area contributed by atoms with Gasteiger partial charge in [0.05, 0.1) is 5.92 Å². The van der Waals surface area contributed by atoms with Crippen LogP contribution in [0.2, 0.25) is 0 Å². The van der Waals surface area contributed by atoms with E-state index in [1.807, 2.05) is 18.2 Å². The van der Waals surface area contributed by atoms with Crippen molar-refractivity contribution in [3.63, 3.8) is 0 Å². The zero-order valence-corrected chi connectivity index (χ0v) is 15.6. The van der Waals surface area contributed by atoms with Gasteiger partial charge in [0.2, 0.25) is 11.8 Å². The minimum absolute atomic E-state index is 0.0304. The van der Waals surface area contributed by atoms with Gasteiger partial charge in [-0.15, -0.1) is 0 Å². The molecule has 146 valence electrons. The molecule has 2 aliphatic heterocycles. The second-order valence-corrected chi connectivity index (χ2v) is 7.44. The van der Waals surface area contributed by atoms with Gasteiger partial charge in [0, 0.05) is 37.8 Å². The van der Waals surface area contributed by atoms with Crippen LogP contribution in [0.25, 0.3) is 0 Å². The van der Waals surface area contributed by atoms with Crippen molar-refractivity contribution in [3.8, 4) is 0 Å². The number of hydrogen-bond acceptors (Lipinski definition) is 4. The van der Waals surface area contributed by atoms with E-state index >= 15 is 0 Å². The Morgan fingerprint density at radius 1 is 1.18 bits per heavy atom. The molecule has 3 unspecified atom stereocenters. The average Bonchev–Trinajstić information content (AvgIpc) is 3.16. The van der Waals surface area contributed by atoms with E-state index in [-0.39, 0.29) is 30.3 Å². The largest absolute Gasteiger partial charge is 0.344 e. The Balaban J connectivity index is 1.43. The Morgan fingerprint density at radius 3 is 2.75 bits per heavy atom. The van der Waals surface area contributed by atoms with E-state index in [9.17, 15) is 14.0 Å². The molecule has 3 atom stereocenters. The maximum absolute atomic E-state index is 13.7. The number of likely N-dealkylation sites (N-methyl/N-ethyl adjacent to an activating group) is 1. The molecule has 0 spiro atoms. The molecule has 1 fully saturated rings. The van der Waals surface area contributed by atoms with Crippen LogP contribution in [0.3, 0.4) is 0 Å². The summed E-state index contributed by atoms with van der Waals surface area (Å²) in [6.07, 6.45) is 0.876. The van der Waals surface area contributed by atoms with Gasteiger partial charge in [0.25, 0.3) is 0 Å². The quantitative estimate of drug-likeness (QED) is 0.759. The van der Waals surface area contributed by atoms with Crippen LogP contribution in [0.4, 0.5) is 10.1 Å². The van der Waals surface area contributed by atoms with Crippen LogP contribution in [0.5, 0.6) is 0 Å². The fourth-order valence-corrected chi connectivity index (χ4v) is 3.98. The third-order valence-electron chi connectivity index (χ3n) is 5.41. The van der Waals surface area contributed by atoms with E-state index in [0.717, 1.165) is 6.42 Å². The van der Waals surface area contributed by atoms with Crippen molar-refractivity contribution in [1.82, 2.24) is 15.8 Å². The van der Waals surface area contributed by atoms with Crippen LogP contribution in [-0.4, -0.2) is 36.3 Å². The lowest BCUT2D eigenvalue weighted by atomic mass is 9.89. The summed E-state index contributed by atoms with van der Waals surface area (Å²) in [6, 6.07) is 14.5. The monoisotopic (exact) mass is 382 g/mol. The lowest BCUT2D eigenvalue weighted by molar-refractivity contribution is -0.134. The normalized spacial score (nSPS) is 23.8. The molecule has 0 radical (unpaired) electrons. The minimum Gasteiger partial charge on any atom is -0.344 e. The number of halogens is 1. The highest BCUT2D eigenvalue weighted by Gasteiger charge is 2.34. The number of hydrogen-bond donors (Lipinski definition) is 3. The fraction of sp³-hybridized carbons (Fsp3) is 0.333. The van der Waals surface area contributed by atoms with Gasteiger partial charge in [-0.2, -0.15) is 0 Å². The molecular formula is C21H23FN4O2. The number of fused-ring (bicyclic) bond motifs is 1. The highest BCUT2D eigenvalue weighted by atomic mass is 19.1. The molecule has 2 amide bonds. The molecule has 7 heteroatoms. The number of carbonyl (C=O) groups excluding carboxylic acids is 2. The predicted octanol–water partition coefficient (Wildman–Crippen LogP) is 2.32. The van der Waals surface area contributed by atoms with Crippen LogP contribution in [0.1, 0.15) is 35.9 Å². The molecule has 0 bridgehead atoms. The predicted molar refractivity (Wildman–Crippen MR) is 104 cm³/mol. The summed E-state index contributed by atoms with van der Waals surface area (Å²) in [7, 11) is 1.73. The van der Waals surface area contributed by atoms with Crippen molar-refractivity contribution >= 4 is 17.5 Å². The first-order chi connectivity index (χ1) is 13.5. The maximum Gasteiger partial charge on any atom is 0.230 e. The summed E-state index contributed by atoms with van der Waals surface area (Å²) in [4.78, 5) is 26.7. The Kier molecular flexibility index (Phi) is 5.11. The number of hydrazine groups is 1. The summed E-state index contributed by atoms with van der Waals surface area (Å²) in [6.45, 7) is 0.498. The summed E-state index contributed by atoms with van der Waals surface area (Å²) >= 11 is 0. The van der Waals surface area contributed by atoms with Gasteiger partial charge in [-0.25, -0.2) is 9.82 Å². The van der Waals surface area contributed by atoms with Crippen molar-refractivity contribution in [2.75, 3.05) is 18.9 Å². The number of benzene rings is 2. The molecule has 0 saturated carbocycles. The molecule has 4 rings (SSSR count). The fourth-order valence-electron chi connectivity index (χ4n) is 3.98. The first-order valence-corrected chi connectivity index (χ1v) is 9.41. The highest BCUT2D eigenvalue weighted by molar-refractivity contribution is 6.01. The van der Waals surface area contributed by atoms with Gasteiger partial charge in [-0.05, 0) is 35.7 Å². The Labute approximate surface area is 163 Å². The lowest BCUT2D eigenvalue weighted by Gasteiger charge is -2.29. The molecule has 2 aliphatic rings. The van der Waals surface area contributed by atoms with Crippen LogP contribution >= 0.6 is 0 Å². The number of amides is 2. The summed E-state index contributed by atoms with van der Waals surface area (Å²) in [5, 5.41) is 2.71. The Morgan fingerprint density at radius 2 is 1.96 bits per heavy atom. The first kappa shape index (κ1) is 18.6. The van der Waals surface area contributed by atoms with Crippen molar-refractivity contribution in [2.24, 2.45) is 0 Å². The number of nitrogens with zero attached hydrogens (tertiary/aromatic N) is 1. The van der Waals surface area contributed by atoms with E-state index in [0.29, 0.717) is 17.8 Å². The summed E-state index contributed by atoms with van der Waals surface area (Å²) in [5.74, 6) is -1.48. The lowest BCUT2D eigenvalue weighted by Crippen LogP contribution is -2.43. The Hall–Kier alpha value is -2.77. The number of rotatable bonds is 4. The standard InChI is InChI=1S/C21H23FN4O2/c1-26(12-15-10-19(25-24-15)13-5-3-2-4-6-13)21(28)17-11-20(27)23-18-8-7-14(22)9-16(17)18/h2-9,15,17,19,24-25H,10-12H2,1H3,(H,23,27). The van der Waals surface area contributed by atoms with E-state index in [2.05, 4.69) is 28.3 Å². The molecule has 2 aromatic rings. The van der Waals surface area contributed by atoms with E-state index in [1.54, 1.807) is 11.9 Å². The van der Waals surface area contributed by atoms with Crippen LogP contribution in [-0.2, 0) is 9.59 Å². The van der Waals surface area contributed by atoms with Crippen LogP contribution in [0.15, 0.2) is 48.5 Å². The molecule has 0 aromatic heterocycles. The second-order valence-electron chi connectivity index (χ2n) is 7.44. The van der Waals surface area contributed by atoms with Crippen LogP contribution in [0, 0.1) is 5.82 Å². The smallest absolute Gasteiger partial charge is 0.230 e. The van der Waals surface area contributed by atoms with Crippen molar-refractivity contribution in [3.05, 3.63) is 65.5 Å². The second kappa shape index (κ2) is 7.69. The number of nitrogens with one attached hydrogen (secondary N) is 3. The van der Waals surface area contributed by atoms with E-state index in [4.69, 9.17) is 0 Å². The van der Waals surface area contributed by atoms with E-state index in [1.165, 1.54) is 23.8 Å². The zero-order valence-electron chi connectivity index (χ0n) is 15.6. The molecular weight excluding hydrogens is 359 g/mol. The van der Waals surface area contributed by atoms with Crippen LogP contribution < -0.4 is 16.2 Å². The van der Waals surface area contributed by atoms with Gasteiger partial charge in [0.15, 0.2) is 0 Å². The third-order valence-corrected chi connectivity index (χ3v) is 5.41. The zero-order chi connectivity index (χ0) is 19.7. The maximum atomic E-state index is 13.7. The molecule has 1 saturated heterocycles. The van der Waals surface area contributed by atoms with Crippen molar-refractivity contribution in [2.45, 2.75) is 30.8 Å². The molecule has 6 nitrogen and oxygen atoms in total. The van der Waals surface area contributed by atoms with Gasteiger partial charge in [-0.3, -0.25) is 15.0 Å². The molecule has 2 aromatic carbocycles. The summed E-state index contributed by atoms with van der Waals surface area (Å²) < 4.78 is 13.7. The van der Waals surface area contributed by atoms with Gasteiger partial charge < -0.3 is 10.2 Å². The van der Waals surface area contributed by atoms with Gasteiger partial charge >= 0.3 is 0 Å². The van der Waals surface area contributed by atoms with Crippen molar-refractivity contribution in [1.29, 1.82) is 0 Å². The Bertz CT molecular complexity index is 889.